The van der Waals surface area contributed by atoms with Crippen molar-refractivity contribution in [1.82, 2.24) is 0 Å². The highest BCUT2D eigenvalue weighted by Crippen LogP contribution is 2.34. The van der Waals surface area contributed by atoms with Crippen LogP contribution in [0.1, 0.15) is 30.4 Å². The van der Waals surface area contributed by atoms with Gasteiger partial charge in [0.1, 0.15) is 10.7 Å². The molecule has 1 aromatic rings. The van der Waals surface area contributed by atoms with Crippen molar-refractivity contribution in [2.24, 2.45) is 5.73 Å². The molecule has 0 bridgehead atoms. The zero-order chi connectivity index (χ0) is 13.3. The average molecular weight is 275 g/mol. The molecule has 18 heavy (non-hydrogen) atoms. The molecule has 0 radical (unpaired) electrons. The first kappa shape index (κ1) is 13.1. The lowest BCUT2D eigenvalue weighted by Crippen LogP contribution is -2.25. The Morgan fingerprint density at radius 3 is 2.44 bits per heavy atom. The minimum absolute atomic E-state index is 0.0981. The van der Waals surface area contributed by atoms with E-state index in [1.807, 2.05) is 0 Å². The Hall–Kier alpha value is -1.30. The van der Waals surface area contributed by atoms with E-state index in [2.05, 4.69) is 12.2 Å². The summed E-state index contributed by atoms with van der Waals surface area (Å²) in [6.45, 7) is 0. The molecule has 1 saturated carbocycles. The van der Waals surface area contributed by atoms with Gasteiger partial charge in [-0.2, -0.15) is 13.2 Å². The van der Waals surface area contributed by atoms with E-state index in [9.17, 15) is 13.2 Å². The third-order valence-corrected chi connectivity index (χ3v) is 3.14. The van der Waals surface area contributed by atoms with Crippen LogP contribution in [0.2, 0.25) is 0 Å². The van der Waals surface area contributed by atoms with Crippen LogP contribution < -0.4 is 10.5 Å². The van der Waals surface area contributed by atoms with E-state index >= 15 is 0 Å². The number of ether oxygens (including phenoxy) is 1. The van der Waals surface area contributed by atoms with Gasteiger partial charge < -0.3 is 10.5 Å². The van der Waals surface area contributed by atoms with Gasteiger partial charge in [-0.1, -0.05) is 12.2 Å². The molecule has 1 aliphatic carbocycles. The molecule has 0 aliphatic heterocycles. The van der Waals surface area contributed by atoms with E-state index in [4.69, 9.17) is 10.5 Å². The lowest BCUT2D eigenvalue weighted by atomic mass is 9.96. The van der Waals surface area contributed by atoms with E-state index in [-0.39, 0.29) is 16.7 Å². The van der Waals surface area contributed by atoms with Crippen LogP contribution in [0.25, 0.3) is 0 Å². The lowest BCUT2D eigenvalue weighted by Gasteiger charge is -2.26. The summed E-state index contributed by atoms with van der Waals surface area (Å²) in [7, 11) is 0. The summed E-state index contributed by atoms with van der Waals surface area (Å²) in [5.41, 5.74) is 4.32. The molecule has 0 aromatic heterocycles. The van der Waals surface area contributed by atoms with Crippen molar-refractivity contribution in [3.05, 3.63) is 29.3 Å². The summed E-state index contributed by atoms with van der Waals surface area (Å²) >= 11 is 4.66. The first-order valence-electron chi connectivity index (χ1n) is 5.55. The van der Waals surface area contributed by atoms with Gasteiger partial charge in [0.15, 0.2) is 0 Å². The molecule has 2 nitrogen and oxygen atoms in total. The van der Waals surface area contributed by atoms with Crippen molar-refractivity contribution in [3.63, 3.8) is 0 Å². The second kappa shape index (κ2) is 4.76. The number of benzene rings is 1. The average Bonchev–Trinajstić information content (AvgIpc) is 2.21. The van der Waals surface area contributed by atoms with E-state index in [0.29, 0.717) is 5.75 Å². The number of thiocarbonyl (C=S) groups is 1. The number of nitrogens with two attached hydrogens (primary N) is 1. The van der Waals surface area contributed by atoms with Crippen LogP contribution in [0, 0.1) is 0 Å². The van der Waals surface area contributed by atoms with Gasteiger partial charge in [0.25, 0.3) is 0 Å². The van der Waals surface area contributed by atoms with Crippen molar-refractivity contribution < 1.29 is 17.9 Å². The van der Waals surface area contributed by atoms with Crippen molar-refractivity contribution in [1.29, 1.82) is 0 Å². The monoisotopic (exact) mass is 275 g/mol. The van der Waals surface area contributed by atoms with Gasteiger partial charge in [-0.3, -0.25) is 0 Å². The van der Waals surface area contributed by atoms with Gasteiger partial charge in [-0.25, -0.2) is 0 Å². The number of halogens is 3. The second-order valence-corrected chi connectivity index (χ2v) is 4.68. The topological polar surface area (TPSA) is 35.2 Å². The number of alkyl halides is 3. The first-order chi connectivity index (χ1) is 8.38. The maximum Gasteiger partial charge on any atom is 0.417 e. The quantitative estimate of drug-likeness (QED) is 0.860. The molecule has 0 atom stereocenters. The van der Waals surface area contributed by atoms with Crippen molar-refractivity contribution >= 4 is 17.2 Å². The third-order valence-electron chi connectivity index (χ3n) is 2.92. The van der Waals surface area contributed by atoms with Crippen LogP contribution in [0.15, 0.2) is 18.2 Å². The number of hydrogen-bond donors (Lipinski definition) is 1. The maximum absolute atomic E-state index is 12.7. The number of rotatable bonds is 3. The molecule has 1 fully saturated rings. The lowest BCUT2D eigenvalue weighted by molar-refractivity contribution is -0.137. The Balaban J connectivity index is 2.30. The minimum Gasteiger partial charge on any atom is -0.490 e. The van der Waals surface area contributed by atoms with Crippen molar-refractivity contribution in [2.75, 3.05) is 0 Å². The van der Waals surface area contributed by atoms with Crippen LogP contribution in [-0.4, -0.2) is 11.1 Å². The van der Waals surface area contributed by atoms with E-state index in [1.165, 1.54) is 12.1 Å². The van der Waals surface area contributed by atoms with Crippen LogP contribution in [0.4, 0.5) is 13.2 Å². The predicted octanol–water partition coefficient (Wildman–Crippen LogP) is 3.27. The fraction of sp³-hybridized carbons (Fsp3) is 0.417. The third kappa shape index (κ3) is 2.75. The van der Waals surface area contributed by atoms with E-state index in [0.717, 1.165) is 25.3 Å². The summed E-state index contributed by atoms with van der Waals surface area (Å²) in [5.74, 6) is 0.385. The Bertz CT molecular complexity index is 469. The first-order valence-corrected chi connectivity index (χ1v) is 5.96. The summed E-state index contributed by atoms with van der Waals surface area (Å²) in [4.78, 5) is -0.276. The summed E-state index contributed by atoms with van der Waals surface area (Å²) in [6, 6.07) is 3.54. The van der Waals surface area contributed by atoms with Crippen molar-refractivity contribution in [3.8, 4) is 5.75 Å². The number of hydrogen-bond acceptors (Lipinski definition) is 2. The minimum atomic E-state index is -4.46. The molecule has 0 spiro atoms. The highest BCUT2D eigenvalue weighted by Gasteiger charge is 2.34. The van der Waals surface area contributed by atoms with E-state index < -0.39 is 11.7 Å². The Morgan fingerprint density at radius 2 is 2.00 bits per heavy atom. The van der Waals surface area contributed by atoms with Crippen LogP contribution in [0.3, 0.4) is 0 Å². The van der Waals surface area contributed by atoms with Gasteiger partial charge in [-0.15, -0.1) is 0 Å². The molecular weight excluding hydrogens is 263 g/mol. The molecule has 2 rings (SSSR count). The molecule has 0 heterocycles. The molecular formula is C12H12F3NOS. The molecule has 0 saturated heterocycles. The normalized spacial score (nSPS) is 16.2. The molecule has 98 valence electrons. The van der Waals surface area contributed by atoms with Crippen LogP contribution in [0.5, 0.6) is 5.75 Å². The predicted molar refractivity (Wildman–Crippen MR) is 65.6 cm³/mol. The fourth-order valence-corrected chi connectivity index (χ4v) is 1.90. The summed E-state index contributed by atoms with van der Waals surface area (Å²) in [6.07, 6.45) is -1.41. The van der Waals surface area contributed by atoms with Gasteiger partial charge in [0.2, 0.25) is 0 Å². The molecule has 6 heteroatoms. The summed E-state index contributed by atoms with van der Waals surface area (Å²) in [5, 5.41) is 0. The second-order valence-electron chi connectivity index (χ2n) is 4.24. The van der Waals surface area contributed by atoms with Gasteiger partial charge in [0.05, 0.1) is 11.7 Å². The molecule has 1 aliphatic rings. The van der Waals surface area contributed by atoms with E-state index in [1.54, 1.807) is 0 Å². The van der Waals surface area contributed by atoms with Crippen LogP contribution in [-0.2, 0) is 6.18 Å². The van der Waals surface area contributed by atoms with Crippen molar-refractivity contribution in [2.45, 2.75) is 31.5 Å². The van der Waals surface area contributed by atoms with Gasteiger partial charge in [-0.05, 0) is 37.5 Å². The summed E-state index contributed by atoms with van der Waals surface area (Å²) < 4.78 is 43.7. The van der Waals surface area contributed by atoms with Gasteiger partial charge >= 0.3 is 6.18 Å². The Labute approximate surface area is 108 Å². The van der Waals surface area contributed by atoms with Gasteiger partial charge in [0, 0.05) is 5.56 Å². The molecule has 1 aromatic carbocycles. The molecule has 0 amide bonds. The standard InChI is InChI=1S/C12H12F3NOS/c13-12(14,15)10-5-4-8(6-9(10)11(16)18)17-7-2-1-3-7/h4-7H,1-3H2,(H2,16,18). The highest BCUT2D eigenvalue weighted by atomic mass is 32.1. The largest absolute Gasteiger partial charge is 0.490 e. The van der Waals surface area contributed by atoms with Crippen LogP contribution >= 0.6 is 12.2 Å². The smallest absolute Gasteiger partial charge is 0.417 e. The Morgan fingerprint density at radius 1 is 1.33 bits per heavy atom. The molecule has 2 N–H and O–H groups in total. The SMILES string of the molecule is NC(=S)c1cc(OC2CCC2)ccc1C(F)(F)F. The molecule has 0 unspecified atom stereocenters. The highest BCUT2D eigenvalue weighted by molar-refractivity contribution is 7.80. The fourth-order valence-electron chi connectivity index (χ4n) is 1.73. The zero-order valence-corrected chi connectivity index (χ0v) is 10.3. The zero-order valence-electron chi connectivity index (χ0n) is 9.46. The Kier molecular flexibility index (Phi) is 3.47. The maximum atomic E-state index is 12.7.